The number of rotatable bonds is 9. The zero-order valence-electron chi connectivity index (χ0n) is 16.7. The average molecular weight is 412 g/mol. The highest BCUT2D eigenvalue weighted by molar-refractivity contribution is 8.18. The topological polar surface area (TPSA) is 55.8 Å². The molecule has 0 radical (unpaired) electrons. The van der Waals surface area contributed by atoms with Crippen molar-refractivity contribution in [2.75, 3.05) is 19.8 Å². The molecule has 2 amide bonds. The number of ether oxygens (including phenoxy) is 2. The third kappa shape index (κ3) is 5.87. The third-order valence-corrected chi connectivity index (χ3v) is 5.30. The fourth-order valence-corrected chi connectivity index (χ4v) is 3.66. The summed E-state index contributed by atoms with van der Waals surface area (Å²) in [6, 6.07) is 15.2. The maximum atomic E-state index is 12.6. The van der Waals surface area contributed by atoms with Crippen LogP contribution >= 0.6 is 11.8 Å². The van der Waals surface area contributed by atoms with E-state index >= 15 is 0 Å². The minimum absolute atomic E-state index is 0.222. The SMILES string of the molecule is CCCCOc1ccc(/C=C2\SC(=O)N(CCOc3cccc(C)c3)C2=O)cc1. The highest BCUT2D eigenvalue weighted by atomic mass is 32.2. The normalized spacial score (nSPS) is 15.2. The third-order valence-electron chi connectivity index (χ3n) is 4.39. The lowest BCUT2D eigenvalue weighted by Crippen LogP contribution is -2.32. The summed E-state index contributed by atoms with van der Waals surface area (Å²) >= 11 is 0.958. The molecule has 2 aromatic carbocycles. The quantitative estimate of drug-likeness (QED) is 0.415. The molecule has 0 aliphatic carbocycles. The highest BCUT2D eigenvalue weighted by Gasteiger charge is 2.34. The fraction of sp³-hybridized carbons (Fsp3) is 0.304. The number of nitrogens with zero attached hydrogens (tertiary/aromatic N) is 1. The molecule has 0 saturated carbocycles. The fourth-order valence-electron chi connectivity index (χ4n) is 2.80. The van der Waals surface area contributed by atoms with Gasteiger partial charge >= 0.3 is 0 Å². The Balaban J connectivity index is 1.56. The van der Waals surface area contributed by atoms with Gasteiger partial charge in [0.25, 0.3) is 11.1 Å². The second kappa shape index (κ2) is 10.2. The van der Waals surface area contributed by atoms with Crippen molar-refractivity contribution in [1.82, 2.24) is 4.90 Å². The molecule has 0 aromatic heterocycles. The first-order valence-corrected chi connectivity index (χ1v) is 10.6. The summed E-state index contributed by atoms with van der Waals surface area (Å²) < 4.78 is 11.3. The molecule has 0 atom stereocenters. The van der Waals surface area contributed by atoms with Gasteiger partial charge in [-0.1, -0.05) is 37.6 Å². The Hall–Kier alpha value is -2.73. The second-order valence-electron chi connectivity index (χ2n) is 6.77. The number of benzene rings is 2. The average Bonchev–Trinajstić information content (AvgIpc) is 2.97. The number of aryl methyl sites for hydroxylation is 1. The van der Waals surface area contributed by atoms with Crippen LogP contribution in [-0.2, 0) is 4.79 Å². The second-order valence-corrected chi connectivity index (χ2v) is 7.76. The van der Waals surface area contributed by atoms with Crippen molar-refractivity contribution in [3.63, 3.8) is 0 Å². The van der Waals surface area contributed by atoms with Gasteiger partial charge in [-0.05, 0) is 66.6 Å². The van der Waals surface area contributed by atoms with Crippen LogP contribution in [-0.4, -0.2) is 35.8 Å². The number of thioether (sulfide) groups is 1. The Morgan fingerprint density at radius 2 is 1.76 bits per heavy atom. The van der Waals surface area contributed by atoms with Gasteiger partial charge in [-0.2, -0.15) is 0 Å². The Bertz CT molecular complexity index is 892. The molecule has 1 aliphatic rings. The molecule has 2 aromatic rings. The lowest BCUT2D eigenvalue weighted by Gasteiger charge is -2.13. The van der Waals surface area contributed by atoms with E-state index in [1.165, 1.54) is 4.90 Å². The Morgan fingerprint density at radius 3 is 2.48 bits per heavy atom. The highest BCUT2D eigenvalue weighted by Crippen LogP contribution is 2.32. The van der Waals surface area contributed by atoms with Crippen molar-refractivity contribution >= 4 is 29.0 Å². The number of unbranched alkanes of at least 4 members (excludes halogenated alkanes) is 1. The van der Waals surface area contributed by atoms with Crippen molar-refractivity contribution in [1.29, 1.82) is 0 Å². The van der Waals surface area contributed by atoms with Crippen molar-refractivity contribution in [3.8, 4) is 11.5 Å². The molecule has 1 aliphatic heterocycles. The monoisotopic (exact) mass is 411 g/mol. The van der Waals surface area contributed by atoms with Gasteiger partial charge in [0.15, 0.2) is 0 Å². The van der Waals surface area contributed by atoms with Gasteiger partial charge in [-0.3, -0.25) is 14.5 Å². The van der Waals surface area contributed by atoms with E-state index in [1.807, 2.05) is 55.5 Å². The Kier molecular flexibility index (Phi) is 7.36. The van der Waals surface area contributed by atoms with Gasteiger partial charge in [0.05, 0.1) is 18.1 Å². The van der Waals surface area contributed by atoms with E-state index in [0.29, 0.717) is 11.5 Å². The van der Waals surface area contributed by atoms with Crippen LogP contribution < -0.4 is 9.47 Å². The first-order valence-electron chi connectivity index (χ1n) is 9.74. The van der Waals surface area contributed by atoms with Crippen LogP contribution in [0.15, 0.2) is 53.4 Å². The standard InChI is InChI=1S/C23H25NO4S/c1-3-4-13-27-19-10-8-18(9-11-19)16-21-22(25)24(23(26)29-21)12-14-28-20-7-5-6-17(2)15-20/h5-11,15-16H,3-4,12-14H2,1-2H3/b21-16-. The molecule has 0 unspecified atom stereocenters. The predicted octanol–water partition coefficient (Wildman–Crippen LogP) is 5.29. The zero-order valence-corrected chi connectivity index (χ0v) is 17.5. The van der Waals surface area contributed by atoms with Crippen LogP contribution in [0.5, 0.6) is 11.5 Å². The molecule has 6 heteroatoms. The van der Waals surface area contributed by atoms with Crippen molar-refractivity contribution in [2.24, 2.45) is 0 Å². The van der Waals surface area contributed by atoms with Gasteiger partial charge in [-0.15, -0.1) is 0 Å². The molecule has 0 N–H and O–H groups in total. The molecular formula is C23H25NO4S. The van der Waals surface area contributed by atoms with Crippen molar-refractivity contribution < 1.29 is 19.1 Å². The van der Waals surface area contributed by atoms with Crippen LogP contribution in [0.25, 0.3) is 6.08 Å². The number of amides is 2. The van der Waals surface area contributed by atoms with Crippen LogP contribution in [0, 0.1) is 6.92 Å². The minimum atomic E-state index is -0.281. The molecule has 29 heavy (non-hydrogen) atoms. The summed E-state index contributed by atoms with van der Waals surface area (Å²) in [6.45, 7) is 5.28. The van der Waals surface area contributed by atoms with Gasteiger partial charge in [0.2, 0.25) is 0 Å². The van der Waals surface area contributed by atoms with E-state index in [-0.39, 0.29) is 24.3 Å². The summed E-state index contributed by atoms with van der Waals surface area (Å²) in [5.41, 5.74) is 1.95. The molecule has 0 spiro atoms. The van der Waals surface area contributed by atoms with E-state index in [0.717, 1.165) is 47.2 Å². The van der Waals surface area contributed by atoms with Crippen LogP contribution in [0.4, 0.5) is 4.79 Å². The van der Waals surface area contributed by atoms with E-state index in [4.69, 9.17) is 9.47 Å². The van der Waals surface area contributed by atoms with Gasteiger partial charge in [-0.25, -0.2) is 0 Å². The number of imide groups is 1. The number of carbonyl (C=O) groups excluding carboxylic acids is 2. The molecular weight excluding hydrogens is 386 g/mol. The Labute approximate surface area is 175 Å². The number of hydrogen-bond donors (Lipinski definition) is 0. The summed E-state index contributed by atoms with van der Waals surface area (Å²) in [6.07, 6.45) is 3.84. The van der Waals surface area contributed by atoms with Crippen LogP contribution in [0.2, 0.25) is 0 Å². The minimum Gasteiger partial charge on any atom is -0.494 e. The lowest BCUT2D eigenvalue weighted by atomic mass is 10.2. The van der Waals surface area contributed by atoms with E-state index in [1.54, 1.807) is 6.08 Å². The van der Waals surface area contributed by atoms with Gasteiger partial charge < -0.3 is 9.47 Å². The first-order chi connectivity index (χ1) is 14.1. The summed E-state index contributed by atoms with van der Waals surface area (Å²) in [7, 11) is 0. The van der Waals surface area contributed by atoms with E-state index < -0.39 is 0 Å². The molecule has 1 saturated heterocycles. The Morgan fingerprint density at radius 1 is 1.00 bits per heavy atom. The molecule has 3 rings (SSSR count). The first kappa shape index (κ1) is 21.0. The lowest BCUT2D eigenvalue weighted by molar-refractivity contribution is -0.123. The maximum absolute atomic E-state index is 12.6. The molecule has 5 nitrogen and oxygen atoms in total. The summed E-state index contributed by atoms with van der Waals surface area (Å²) in [5.74, 6) is 1.25. The smallest absolute Gasteiger partial charge is 0.293 e. The van der Waals surface area contributed by atoms with Crippen molar-refractivity contribution in [2.45, 2.75) is 26.7 Å². The van der Waals surface area contributed by atoms with Crippen LogP contribution in [0.3, 0.4) is 0 Å². The number of hydrogen-bond acceptors (Lipinski definition) is 5. The predicted molar refractivity (Wildman–Crippen MR) is 116 cm³/mol. The summed E-state index contributed by atoms with van der Waals surface area (Å²) in [5, 5.41) is -0.270. The van der Waals surface area contributed by atoms with Crippen molar-refractivity contribution in [3.05, 3.63) is 64.6 Å². The largest absolute Gasteiger partial charge is 0.494 e. The number of carbonyl (C=O) groups is 2. The zero-order chi connectivity index (χ0) is 20.6. The molecule has 152 valence electrons. The molecule has 1 fully saturated rings. The molecule has 0 bridgehead atoms. The molecule has 1 heterocycles. The van der Waals surface area contributed by atoms with Gasteiger partial charge in [0.1, 0.15) is 18.1 Å². The maximum Gasteiger partial charge on any atom is 0.293 e. The van der Waals surface area contributed by atoms with Gasteiger partial charge in [0, 0.05) is 0 Å². The van der Waals surface area contributed by atoms with E-state index in [9.17, 15) is 9.59 Å². The summed E-state index contributed by atoms with van der Waals surface area (Å²) in [4.78, 5) is 26.5. The van der Waals surface area contributed by atoms with E-state index in [2.05, 4.69) is 6.92 Å². The van der Waals surface area contributed by atoms with Crippen LogP contribution in [0.1, 0.15) is 30.9 Å².